The van der Waals surface area contributed by atoms with Crippen molar-refractivity contribution in [2.45, 2.75) is 0 Å². The van der Waals surface area contributed by atoms with E-state index in [4.69, 9.17) is 11.0 Å². The molecular formula is C48H34BN3. The fourth-order valence-corrected chi connectivity index (χ4v) is 7.68. The van der Waals surface area contributed by atoms with E-state index in [2.05, 4.69) is 46.2 Å². The Labute approximate surface area is 319 Å². The van der Waals surface area contributed by atoms with E-state index in [0.29, 0.717) is 11.4 Å². The molecule has 2 aliphatic heterocycles. The van der Waals surface area contributed by atoms with Gasteiger partial charge in [-0.25, -0.2) is 0 Å². The maximum absolute atomic E-state index is 9.34. The molecule has 0 saturated heterocycles. The molecule has 244 valence electrons. The summed E-state index contributed by atoms with van der Waals surface area (Å²) in [6, 6.07) is 42.6. The molecule has 0 radical (unpaired) electrons. The highest BCUT2D eigenvalue weighted by atomic mass is 15.2. The van der Waals surface area contributed by atoms with Gasteiger partial charge in [0.25, 0.3) is 6.71 Å². The van der Waals surface area contributed by atoms with Gasteiger partial charge in [-0.15, -0.1) is 0 Å². The van der Waals surface area contributed by atoms with Gasteiger partial charge in [0.2, 0.25) is 0 Å². The summed E-state index contributed by atoms with van der Waals surface area (Å²) in [4.78, 5) is 6.03. The minimum atomic E-state index is -0.543. The number of nitrogens with zero attached hydrogens (tertiary/aromatic N) is 3. The van der Waals surface area contributed by atoms with Gasteiger partial charge in [0.15, 0.2) is 0 Å². The van der Waals surface area contributed by atoms with Gasteiger partial charge in [0.05, 0.1) is 19.4 Å². The van der Waals surface area contributed by atoms with Crippen LogP contribution in [0.1, 0.15) is 13.7 Å². The van der Waals surface area contributed by atoms with E-state index in [9.17, 15) is 2.74 Å². The summed E-state index contributed by atoms with van der Waals surface area (Å²) in [5.41, 5.74) is 9.45. The van der Waals surface area contributed by atoms with Crippen LogP contribution in [-0.2, 0) is 0 Å². The van der Waals surface area contributed by atoms with Crippen molar-refractivity contribution >= 4 is 74.3 Å². The molecule has 4 heteroatoms. The standard InChI is InChI=1S/C48H34BN3/c1-5-18-35(19-6-1)36-20-17-27-40(32-36)50(37-21-7-2-8-22-37)41-33-46-48-47(34-41)52(39-25-11-4-12-26-39)45-31-16-14-29-43(45)49(48)42-28-13-15-30-44(42)51(46)38-23-9-3-10-24-38/h1-34H/i1D,2D,5D,6D,7D,8D,18D,19D,21D,22D. The third-order valence-electron chi connectivity index (χ3n) is 9.76. The summed E-state index contributed by atoms with van der Waals surface area (Å²) >= 11 is 0. The molecule has 0 unspecified atom stereocenters. The third kappa shape index (κ3) is 4.91. The highest BCUT2D eigenvalue weighted by molar-refractivity contribution is 7.00. The molecule has 8 aromatic carbocycles. The largest absolute Gasteiger partial charge is 0.311 e. The lowest BCUT2D eigenvalue weighted by molar-refractivity contribution is 1.23. The zero-order chi connectivity index (χ0) is 43.1. The quantitative estimate of drug-likeness (QED) is 0.163. The molecule has 0 atom stereocenters. The lowest BCUT2D eigenvalue weighted by Gasteiger charge is -2.45. The van der Waals surface area contributed by atoms with Crippen molar-refractivity contribution in [3.05, 3.63) is 206 Å². The maximum Gasteiger partial charge on any atom is 0.252 e. The zero-order valence-corrected chi connectivity index (χ0v) is 27.8. The van der Waals surface area contributed by atoms with Gasteiger partial charge in [0.1, 0.15) is 0 Å². The number of anilines is 9. The predicted molar refractivity (Wildman–Crippen MR) is 221 cm³/mol. The summed E-state index contributed by atoms with van der Waals surface area (Å²) in [5, 5.41) is 0. The average molecular weight is 674 g/mol. The van der Waals surface area contributed by atoms with Crippen molar-refractivity contribution in [3.8, 4) is 11.1 Å². The van der Waals surface area contributed by atoms with Crippen molar-refractivity contribution in [3.63, 3.8) is 0 Å². The lowest BCUT2D eigenvalue weighted by atomic mass is 9.33. The second-order valence-electron chi connectivity index (χ2n) is 12.6. The van der Waals surface area contributed by atoms with Crippen LogP contribution in [0, 0.1) is 0 Å². The molecule has 0 fully saturated rings. The molecule has 0 amide bonds. The molecule has 0 saturated carbocycles. The van der Waals surface area contributed by atoms with E-state index in [0.717, 1.165) is 50.5 Å². The molecular weight excluding hydrogens is 629 g/mol. The first-order valence-corrected chi connectivity index (χ1v) is 17.1. The highest BCUT2D eigenvalue weighted by Crippen LogP contribution is 2.48. The average Bonchev–Trinajstić information content (AvgIpc) is 3.30. The van der Waals surface area contributed by atoms with Gasteiger partial charge in [-0.05, 0) is 100 Å². The molecule has 0 aliphatic carbocycles. The Hall–Kier alpha value is -6.78. The smallest absolute Gasteiger partial charge is 0.252 e. The Bertz CT molecular complexity index is 2960. The minimum absolute atomic E-state index is 0.0269. The maximum atomic E-state index is 9.34. The van der Waals surface area contributed by atoms with E-state index in [-0.39, 0.29) is 35.6 Å². The summed E-state index contributed by atoms with van der Waals surface area (Å²) in [7, 11) is 0. The van der Waals surface area contributed by atoms with Crippen LogP contribution < -0.4 is 31.1 Å². The van der Waals surface area contributed by atoms with Crippen molar-refractivity contribution in [2.75, 3.05) is 14.7 Å². The van der Waals surface area contributed by atoms with Crippen LogP contribution in [0.25, 0.3) is 11.1 Å². The second-order valence-corrected chi connectivity index (χ2v) is 12.6. The zero-order valence-electron chi connectivity index (χ0n) is 37.8. The van der Waals surface area contributed by atoms with E-state index in [1.165, 1.54) is 0 Å². The van der Waals surface area contributed by atoms with Gasteiger partial charge >= 0.3 is 0 Å². The number of benzene rings is 8. The molecule has 0 N–H and O–H groups in total. The molecule has 10 rings (SSSR count). The normalized spacial score (nSPS) is 15.2. The van der Waals surface area contributed by atoms with Crippen molar-refractivity contribution in [1.82, 2.24) is 0 Å². The topological polar surface area (TPSA) is 9.72 Å². The van der Waals surface area contributed by atoms with E-state index in [1.807, 2.05) is 84.9 Å². The summed E-state index contributed by atoms with van der Waals surface area (Å²) in [5.74, 6) is 0. The van der Waals surface area contributed by atoms with Crippen LogP contribution in [0.4, 0.5) is 51.2 Å². The number of rotatable bonds is 6. The number of fused-ring (bicyclic) bond motifs is 4. The summed E-state index contributed by atoms with van der Waals surface area (Å²) in [6.45, 7) is -0.206. The minimum Gasteiger partial charge on any atom is -0.311 e. The van der Waals surface area contributed by atoms with Crippen molar-refractivity contribution in [1.29, 1.82) is 0 Å². The predicted octanol–water partition coefficient (Wildman–Crippen LogP) is 10.9. The lowest BCUT2D eigenvalue weighted by Crippen LogP contribution is -2.61. The first-order chi connectivity index (χ1) is 30.0. The summed E-state index contributed by atoms with van der Waals surface area (Å²) in [6.07, 6.45) is 0. The number of hydrogen-bond donors (Lipinski definition) is 0. The molecule has 8 aromatic rings. The Morgan fingerprint density at radius 2 is 0.923 bits per heavy atom. The molecule has 0 bridgehead atoms. The second kappa shape index (κ2) is 12.5. The monoisotopic (exact) mass is 673 g/mol. The fraction of sp³-hybridized carbons (Fsp3) is 0. The van der Waals surface area contributed by atoms with Crippen LogP contribution in [0.3, 0.4) is 0 Å². The van der Waals surface area contributed by atoms with Crippen LogP contribution in [0.15, 0.2) is 206 Å². The third-order valence-corrected chi connectivity index (χ3v) is 9.76. The Morgan fingerprint density at radius 3 is 1.50 bits per heavy atom. The molecule has 0 aromatic heterocycles. The van der Waals surface area contributed by atoms with Crippen LogP contribution in [0.2, 0.25) is 0 Å². The Kier molecular flexibility index (Phi) is 5.16. The van der Waals surface area contributed by atoms with Gasteiger partial charge in [0, 0.05) is 45.5 Å². The van der Waals surface area contributed by atoms with E-state index in [1.54, 1.807) is 29.2 Å². The fourth-order valence-electron chi connectivity index (χ4n) is 7.68. The SMILES string of the molecule is [2H]c1c([2H])c([2H])c(-c2cccc(N(c3cc4c5c(c3)N(c3ccccc3)c3ccccc3B5c3ccccc3N4c3ccccc3)c3c([2H])c([2H])c([2H])c([2H])c3[2H])c2)c([2H])c1[2H]. The van der Waals surface area contributed by atoms with Gasteiger partial charge in [-0.1, -0.05) is 133 Å². The van der Waals surface area contributed by atoms with E-state index < -0.39 is 48.3 Å². The first-order valence-electron chi connectivity index (χ1n) is 22.1. The molecule has 0 spiro atoms. The van der Waals surface area contributed by atoms with Crippen LogP contribution in [-0.4, -0.2) is 6.71 Å². The first kappa shape index (κ1) is 21.4. The van der Waals surface area contributed by atoms with Gasteiger partial charge in [-0.3, -0.25) is 0 Å². The van der Waals surface area contributed by atoms with Crippen LogP contribution >= 0.6 is 0 Å². The van der Waals surface area contributed by atoms with Crippen molar-refractivity contribution < 1.29 is 13.7 Å². The van der Waals surface area contributed by atoms with Gasteiger partial charge < -0.3 is 14.7 Å². The highest BCUT2D eigenvalue weighted by Gasteiger charge is 2.43. The number of hydrogen-bond acceptors (Lipinski definition) is 3. The Balaban J connectivity index is 1.34. The van der Waals surface area contributed by atoms with Crippen LogP contribution in [0.5, 0.6) is 0 Å². The molecule has 2 aliphatic rings. The van der Waals surface area contributed by atoms with E-state index >= 15 is 0 Å². The molecule has 52 heavy (non-hydrogen) atoms. The van der Waals surface area contributed by atoms with Crippen molar-refractivity contribution in [2.24, 2.45) is 0 Å². The Morgan fingerprint density at radius 1 is 0.404 bits per heavy atom. The summed E-state index contributed by atoms with van der Waals surface area (Å²) < 4.78 is 87.5. The molecule has 3 nitrogen and oxygen atoms in total. The van der Waals surface area contributed by atoms with Gasteiger partial charge in [-0.2, -0.15) is 0 Å². The molecule has 2 heterocycles. The number of para-hydroxylation sites is 5.